The van der Waals surface area contributed by atoms with Crippen molar-refractivity contribution < 1.29 is 9.53 Å². The molecule has 0 heterocycles. The van der Waals surface area contributed by atoms with Crippen LogP contribution in [0.4, 0.5) is 5.69 Å². The number of nitriles is 1. The van der Waals surface area contributed by atoms with Gasteiger partial charge in [-0.3, -0.25) is 4.79 Å². The molecule has 0 radical (unpaired) electrons. The van der Waals surface area contributed by atoms with Gasteiger partial charge in [-0.25, -0.2) is 0 Å². The van der Waals surface area contributed by atoms with Gasteiger partial charge in [0.05, 0.1) is 10.6 Å². The van der Waals surface area contributed by atoms with Crippen molar-refractivity contribution in [1.29, 1.82) is 5.26 Å². The molecular formula is C11H11ClN2O2. The first-order chi connectivity index (χ1) is 7.67. The van der Waals surface area contributed by atoms with Gasteiger partial charge in [0.2, 0.25) is 5.91 Å². The van der Waals surface area contributed by atoms with Crippen molar-refractivity contribution >= 4 is 23.2 Å². The van der Waals surface area contributed by atoms with Crippen LogP contribution in [0.15, 0.2) is 18.2 Å². The lowest BCUT2D eigenvalue weighted by Gasteiger charge is -2.05. The molecule has 0 atom stereocenters. The van der Waals surface area contributed by atoms with E-state index < -0.39 is 0 Å². The smallest absolute Gasteiger partial charge is 0.250 e. The molecule has 0 saturated carbocycles. The minimum absolute atomic E-state index is 0.00806. The highest BCUT2D eigenvalue weighted by Crippen LogP contribution is 2.19. The molecule has 1 aromatic rings. The molecule has 1 N–H and O–H groups in total. The molecule has 4 nitrogen and oxygen atoms in total. The van der Waals surface area contributed by atoms with Crippen molar-refractivity contribution in [3.05, 3.63) is 28.8 Å². The van der Waals surface area contributed by atoms with E-state index in [1.807, 2.05) is 13.0 Å². The minimum Gasteiger partial charge on any atom is -0.372 e. The number of rotatable bonds is 4. The zero-order valence-corrected chi connectivity index (χ0v) is 9.54. The second-order valence-electron chi connectivity index (χ2n) is 2.99. The fraction of sp³-hybridized carbons (Fsp3) is 0.273. The van der Waals surface area contributed by atoms with Crippen molar-refractivity contribution in [2.24, 2.45) is 0 Å². The van der Waals surface area contributed by atoms with Gasteiger partial charge in [-0.1, -0.05) is 11.6 Å². The molecule has 0 aromatic heterocycles. The Balaban J connectivity index is 2.65. The van der Waals surface area contributed by atoms with Gasteiger partial charge in [-0.2, -0.15) is 5.26 Å². The number of carbonyl (C=O) groups excluding carboxylic acids is 1. The summed E-state index contributed by atoms with van der Waals surface area (Å²) in [6.07, 6.45) is 0. The Bertz CT molecular complexity index is 426. The zero-order chi connectivity index (χ0) is 12.0. The van der Waals surface area contributed by atoms with Gasteiger partial charge in [0.1, 0.15) is 12.7 Å². The van der Waals surface area contributed by atoms with Crippen molar-refractivity contribution in [1.82, 2.24) is 0 Å². The Labute approximate surface area is 98.8 Å². The van der Waals surface area contributed by atoms with E-state index in [0.29, 0.717) is 22.9 Å². The van der Waals surface area contributed by atoms with E-state index in [0.717, 1.165) is 0 Å². The second kappa shape index (κ2) is 6.11. The Morgan fingerprint density at radius 1 is 1.62 bits per heavy atom. The van der Waals surface area contributed by atoms with Crippen LogP contribution in [0.2, 0.25) is 5.02 Å². The number of hydrogen-bond acceptors (Lipinski definition) is 3. The summed E-state index contributed by atoms with van der Waals surface area (Å²) in [4.78, 5) is 11.3. The molecule has 0 aliphatic heterocycles. The first-order valence-electron chi connectivity index (χ1n) is 4.74. The zero-order valence-electron chi connectivity index (χ0n) is 8.79. The third kappa shape index (κ3) is 3.54. The number of hydrogen-bond donors (Lipinski definition) is 1. The normalized spacial score (nSPS) is 9.56. The molecule has 0 unspecified atom stereocenters. The first kappa shape index (κ1) is 12.5. The molecule has 0 aliphatic rings. The van der Waals surface area contributed by atoms with Crippen molar-refractivity contribution in [2.75, 3.05) is 18.5 Å². The Kier molecular flexibility index (Phi) is 4.77. The van der Waals surface area contributed by atoms with Crippen LogP contribution in [-0.4, -0.2) is 19.1 Å². The summed E-state index contributed by atoms with van der Waals surface area (Å²) < 4.78 is 4.95. The fourth-order valence-corrected chi connectivity index (χ4v) is 1.30. The second-order valence-corrected chi connectivity index (χ2v) is 3.40. The SMILES string of the molecule is CCOCC(=O)Nc1ccc(C#N)c(Cl)c1. The lowest BCUT2D eigenvalue weighted by Crippen LogP contribution is -2.18. The van der Waals surface area contributed by atoms with Crippen molar-refractivity contribution in [3.8, 4) is 6.07 Å². The molecule has 16 heavy (non-hydrogen) atoms. The van der Waals surface area contributed by atoms with Crippen molar-refractivity contribution in [2.45, 2.75) is 6.92 Å². The van der Waals surface area contributed by atoms with Crippen LogP contribution in [0, 0.1) is 11.3 Å². The van der Waals surface area contributed by atoms with E-state index in [2.05, 4.69) is 5.32 Å². The number of benzene rings is 1. The maximum atomic E-state index is 11.3. The first-order valence-corrected chi connectivity index (χ1v) is 5.12. The van der Waals surface area contributed by atoms with Crippen LogP contribution < -0.4 is 5.32 Å². The predicted molar refractivity (Wildman–Crippen MR) is 61.3 cm³/mol. The number of halogens is 1. The maximum Gasteiger partial charge on any atom is 0.250 e. The number of carbonyl (C=O) groups is 1. The van der Waals surface area contributed by atoms with Crippen LogP contribution in [0.5, 0.6) is 0 Å². The van der Waals surface area contributed by atoms with E-state index in [4.69, 9.17) is 21.6 Å². The summed E-state index contributed by atoms with van der Waals surface area (Å²) in [5.41, 5.74) is 0.929. The van der Waals surface area contributed by atoms with E-state index in [-0.39, 0.29) is 12.5 Å². The molecule has 0 bridgehead atoms. The molecule has 0 fully saturated rings. The Morgan fingerprint density at radius 2 is 2.38 bits per heavy atom. The number of anilines is 1. The molecule has 0 saturated heterocycles. The topological polar surface area (TPSA) is 62.1 Å². The molecule has 5 heteroatoms. The number of nitrogens with zero attached hydrogens (tertiary/aromatic N) is 1. The van der Waals surface area contributed by atoms with Crippen LogP contribution in [0.3, 0.4) is 0 Å². The fourth-order valence-electron chi connectivity index (χ4n) is 1.08. The summed E-state index contributed by atoms with van der Waals surface area (Å²) in [5.74, 6) is -0.248. The summed E-state index contributed by atoms with van der Waals surface area (Å²) in [6, 6.07) is 6.65. The van der Waals surface area contributed by atoms with Crippen LogP contribution >= 0.6 is 11.6 Å². The van der Waals surface area contributed by atoms with Gasteiger partial charge >= 0.3 is 0 Å². The standard InChI is InChI=1S/C11H11ClN2O2/c1-2-16-7-11(15)14-9-4-3-8(6-13)10(12)5-9/h3-5H,2,7H2,1H3,(H,14,15). The van der Waals surface area contributed by atoms with Gasteiger partial charge in [-0.15, -0.1) is 0 Å². The Hall–Kier alpha value is -1.57. The molecule has 84 valence electrons. The van der Waals surface area contributed by atoms with Gasteiger partial charge in [0.25, 0.3) is 0 Å². The van der Waals surface area contributed by atoms with Gasteiger partial charge in [-0.05, 0) is 25.1 Å². The number of ether oxygens (including phenoxy) is 1. The molecule has 0 aliphatic carbocycles. The van der Waals surface area contributed by atoms with Crippen LogP contribution in [0.1, 0.15) is 12.5 Å². The van der Waals surface area contributed by atoms with Gasteiger partial charge in [0.15, 0.2) is 0 Å². The monoisotopic (exact) mass is 238 g/mol. The van der Waals surface area contributed by atoms with Crippen molar-refractivity contribution in [3.63, 3.8) is 0 Å². The summed E-state index contributed by atoms with van der Waals surface area (Å²) in [7, 11) is 0. The van der Waals surface area contributed by atoms with E-state index in [1.54, 1.807) is 12.1 Å². The van der Waals surface area contributed by atoms with E-state index in [9.17, 15) is 4.79 Å². The van der Waals surface area contributed by atoms with Crippen LogP contribution in [0.25, 0.3) is 0 Å². The molecule has 1 amide bonds. The number of nitrogens with one attached hydrogen (secondary N) is 1. The third-order valence-corrected chi connectivity index (χ3v) is 2.12. The quantitative estimate of drug-likeness (QED) is 0.875. The highest BCUT2D eigenvalue weighted by atomic mass is 35.5. The average molecular weight is 239 g/mol. The lowest BCUT2D eigenvalue weighted by atomic mass is 10.2. The third-order valence-electron chi connectivity index (χ3n) is 1.81. The van der Waals surface area contributed by atoms with Gasteiger partial charge in [0, 0.05) is 12.3 Å². The summed E-state index contributed by atoms with van der Waals surface area (Å²) in [5, 5.41) is 11.6. The largest absolute Gasteiger partial charge is 0.372 e. The lowest BCUT2D eigenvalue weighted by molar-refractivity contribution is -0.120. The van der Waals surface area contributed by atoms with E-state index in [1.165, 1.54) is 6.07 Å². The predicted octanol–water partition coefficient (Wildman–Crippen LogP) is 2.19. The van der Waals surface area contributed by atoms with Gasteiger partial charge < -0.3 is 10.1 Å². The highest BCUT2D eigenvalue weighted by Gasteiger charge is 2.04. The van der Waals surface area contributed by atoms with E-state index >= 15 is 0 Å². The highest BCUT2D eigenvalue weighted by molar-refractivity contribution is 6.32. The maximum absolute atomic E-state index is 11.3. The Morgan fingerprint density at radius 3 is 2.94 bits per heavy atom. The molecule has 1 aromatic carbocycles. The minimum atomic E-state index is -0.248. The molecule has 0 spiro atoms. The number of amides is 1. The molecular weight excluding hydrogens is 228 g/mol. The summed E-state index contributed by atoms with van der Waals surface area (Å²) >= 11 is 5.81. The molecule has 1 rings (SSSR count). The average Bonchev–Trinajstić information content (AvgIpc) is 2.26. The van der Waals surface area contributed by atoms with Crippen LogP contribution in [-0.2, 0) is 9.53 Å². The summed E-state index contributed by atoms with van der Waals surface area (Å²) in [6.45, 7) is 2.31.